The van der Waals surface area contributed by atoms with E-state index in [-0.39, 0.29) is 12.2 Å². The van der Waals surface area contributed by atoms with Gasteiger partial charge in [-0.2, -0.15) is 14.6 Å². The van der Waals surface area contributed by atoms with E-state index in [0.717, 1.165) is 27.0 Å². The standard InChI is InChI=1S/C27H17BrClN5O2S/c28-19-8-12-22(13-9-19)36-16-24-30-27-34(31-24)26(35)23(37-27)14-18-15-33(21-4-2-1-3-5-21)32-25(18)17-6-10-20(29)11-7-17/h1-15H,16H2. The van der Waals surface area contributed by atoms with Crippen molar-refractivity contribution >= 4 is 49.9 Å². The van der Waals surface area contributed by atoms with Crippen LogP contribution < -0.4 is 14.8 Å². The van der Waals surface area contributed by atoms with Gasteiger partial charge in [-0.05, 0) is 54.6 Å². The Balaban J connectivity index is 1.36. The fourth-order valence-electron chi connectivity index (χ4n) is 3.79. The van der Waals surface area contributed by atoms with Crippen LogP contribution in [0.3, 0.4) is 0 Å². The lowest BCUT2D eigenvalue weighted by atomic mass is 10.1. The summed E-state index contributed by atoms with van der Waals surface area (Å²) in [6.45, 7) is 0.166. The number of hydrogen-bond donors (Lipinski definition) is 0. The molecule has 0 aliphatic heterocycles. The number of thiazole rings is 1. The van der Waals surface area contributed by atoms with Crippen LogP contribution in [0, 0.1) is 0 Å². The zero-order valence-electron chi connectivity index (χ0n) is 19.1. The molecule has 6 aromatic rings. The average molecular weight is 591 g/mol. The number of fused-ring (bicyclic) bond motifs is 1. The maximum absolute atomic E-state index is 13.2. The molecule has 0 aliphatic rings. The molecule has 0 N–H and O–H groups in total. The third-order valence-electron chi connectivity index (χ3n) is 5.57. The van der Waals surface area contributed by atoms with Crippen molar-refractivity contribution in [3.8, 4) is 22.7 Å². The number of rotatable bonds is 6. The van der Waals surface area contributed by atoms with E-state index in [2.05, 4.69) is 26.0 Å². The minimum Gasteiger partial charge on any atom is -0.486 e. The highest BCUT2D eigenvalue weighted by molar-refractivity contribution is 9.10. The Hall–Kier alpha value is -3.79. The zero-order valence-corrected chi connectivity index (χ0v) is 22.2. The number of para-hydroxylation sites is 1. The summed E-state index contributed by atoms with van der Waals surface area (Å²) in [6, 6.07) is 24.8. The predicted molar refractivity (Wildman–Crippen MR) is 148 cm³/mol. The van der Waals surface area contributed by atoms with Crippen LogP contribution in [0.15, 0.2) is 94.3 Å². The van der Waals surface area contributed by atoms with E-state index < -0.39 is 0 Å². The molecule has 3 aromatic carbocycles. The quantitative estimate of drug-likeness (QED) is 0.254. The summed E-state index contributed by atoms with van der Waals surface area (Å²) in [4.78, 5) is 18.2. The van der Waals surface area contributed by atoms with Crippen molar-refractivity contribution in [2.45, 2.75) is 6.61 Å². The Morgan fingerprint density at radius 1 is 0.973 bits per heavy atom. The molecule has 3 aromatic heterocycles. The van der Waals surface area contributed by atoms with Crippen LogP contribution in [-0.2, 0) is 6.61 Å². The zero-order chi connectivity index (χ0) is 25.4. The Morgan fingerprint density at radius 2 is 1.73 bits per heavy atom. The molecule has 0 amide bonds. The normalized spacial score (nSPS) is 11.9. The first kappa shape index (κ1) is 23.6. The molecule has 0 saturated heterocycles. The van der Waals surface area contributed by atoms with Gasteiger partial charge in [-0.3, -0.25) is 4.79 Å². The number of aromatic nitrogens is 5. The molecular formula is C27H17BrClN5O2S. The van der Waals surface area contributed by atoms with E-state index in [1.165, 1.54) is 15.9 Å². The molecule has 6 rings (SSSR count). The maximum atomic E-state index is 13.2. The minimum atomic E-state index is -0.239. The Kier molecular flexibility index (Phi) is 6.33. The molecule has 0 saturated carbocycles. The van der Waals surface area contributed by atoms with E-state index in [9.17, 15) is 4.79 Å². The maximum Gasteiger partial charge on any atom is 0.291 e. The fourth-order valence-corrected chi connectivity index (χ4v) is 5.10. The lowest BCUT2D eigenvalue weighted by Gasteiger charge is -2.02. The van der Waals surface area contributed by atoms with E-state index in [1.807, 2.05) is 91.1 Å². The van der Waals surface area contributed by atoms with Crippen molar-refractivity contribution in [3.05, 3.63) is 121 Å². The van der Waals surface area contributed by atoms with Crippen LogP contribution in [-0.4, -0.2) is 24.4 Å². The summed E-state index contributed by atoms with van der Waals surface area (Å²) in [5, 5.41) is 9.81. The van der Waals surface area contributed by atoms with Gasteiger partial charge in [-0.1, -0.05) is 69.2 Å². The van der Waals surface area contributed by atoms with E-state index >= 15 is 0 Å². The van der Waals surface area contributed by atoms with Crippen molar-refractivity contribution in [2.75, 3.05) is 0 Å². The van der Waals surface area contributed by atoms with Crippen molar-refractivity contribution in [2.24, 2.45) is 0 Å². The number of hydrogen-bond acceptors (Lipinski definition) is 6. The van der Waals surface area contributed by atoms with E-state index in [0.29, 0.717) is 26.1 Å². The summed E-state index contributed by atoms with van der Waals surface area (Å²) < 4.78 is 10.3. The summed E-state index contributed by atoms with van der Waals surface area (Å²) >= 11 is 10.8. The molecule has 10 heteroatoms. The largest absolute Gasteiger partial charge is 0.486 e. The van der Waals surface area contributed by atoms with Crippen LogP contribution in [0.4, 0.5) is 0 Å². The molecule has 0 radical (unpaired) electrons. The van der Waals surface area contributed by atoms with Gasteiger partial charge in [0, 0.05) is 26.8 Å². The van der Waals surface area contributed by atoms with Crippen LogP contribution in [0.5, 0.6) is 5.75 Å². The van der Waals surface area contributed by atoms with Crippen LogP contribution in [0.1, 0.15) is 11.4 Å². The fraction of sp³-hybridized carbons (Fsp3) is 0.0370. The smallest absolute Gasteiger partial charge is 0.291 e. The SMILES string of the molecule is O=c1c(=Cc2cn(-c3ccccc3)nc2-c2ccc(Cl)cc2)sc2nc(COc3ccc(Br)cc3)nn12. The monoisotopic (exact) mass is 589 g/mol. The second-order valence-corrected chi connectivity index (χ2v) is 10.5. The molecule has 0 bridgehead atoms. The highest BCUT2D eigenvalue weighted by atomic mass is 79.9. The Bertz CT molecular complexity index is 1810. The van der Waals surface area contributed by atoms with Gasteiger partial charge in [0.25, 0.3) is 5.56 Å². The van der Waals surface area contributed by atoms with Crippen molar-refractivity contribution < 1.29 is 4.74 Å². The van der Waals surface area contributed by atoms with Gasteiger partial charge >= 0.3 is 0 Å². The molecule has 0 unspecified atom stereocenters. The van der Waals surface area contributed by atoms with Gasteiger partial charge in [0.2, 0.25) is 4.96 Å². The second kappa shape index (κ2) is 9.93. The number of benzene rings is 3. The predicted octanol–water partition coefficient (Wildman–Crippen LogP) is 5.55. The number of nitrogens with zero attached hydrogens (tertiary/aromatic N) is 5. The van der Waals surface area contributed by atoms with Gasteiger partial charge in [-0.15, -0.1) is 5.10 Å². The van der Waals surface area contributed by atoms with Crippen molar-refractivity contribution in [1.29, 1.82) is 0 Å². The molecule has 0 spiro atoms. The Labute approximate surface area is 228 Å². The molecular weight excluding hydrogens is 574 g/mol. The summed E-state index contributed by atoms with van der Waals surface area (Å²) in [5.74, 6) is 1.14. The van der Waals surface area contributed by atoms with Crippen LogP contribution >= 0.6 is 38.9 Å². The summed E-state index contributed by atoms with van der Waals surface area (Å²) in [7, 11) is 0. The van der Waals surface area contributed by atoms with Gasteiger partial charge in [0.05, 0.1) is 10.2 Å². The third-order valence-corrected chi connectivity index (χ3v) is 7.31. The molecule has 182 valence electrons. The topological polar surface area (TPSA) is 74.3 Å². The number of halogens is 2. The lowest BCUT2D eigenvalue weighted by Crippen LogP contribution is -2.24. The molecule has 3 heterocycles. The van der Waals surface area contributed by atoms with Gasteiger partial charge in [0.15, 0.2) is 5.82 Å². The van der Waals surface area contributed by atoms with Gasteiger partial charge in [-0.25, -0.2) is 4.68 Å². The first-order chi connectivity index (χ1) is 18.0. The molecule has 7 nitrogen and oxygen atoms in total. The summed E-state index contributed by atoms with van der Waals surface area (Å²) in [5.41, 5.74) is 3.10. The van der Waals surface area contributed by atoms with Crippen molar-refractivity contribution in [3.63, 3.8) is 0 Å². The van der Waals surface area contributed by atoms with Gasteiger partial charge in [0.1, 0.15) is 18.1 Å². The third kappa shape index (κ3) is 4.93. The first-order valence-corrected chi connectivity index (χ1v) is 13.2. The average Bonchev–Trinajstić information content (AvgIpc) is 3.60. The van der Waals surface area contributed by atoms with E-state index in [4.69, 9.17) is 21.4 Å². The van der Waals surface area contributed by atoms with Crippen LogP contribution in [0.2, 0.25) is 5.02 Å². The van der Waals surface area contributed by atoms with Gasteiger partial charge < -0.3 is 4.74 Å². The lowest BCUT2D eigenvalue weighted by molar-refractivity contribution is 0.296. The molecule has 37 heavy (non-hydrogen) atoms. The summed E-state index contributed by atoms with van der Waals surface area (Å²) in [6.07, 6.45) is 3.74. The first-order valence-electron chi connectivity index (χ1n) is 11.2. The highest BCUT2D eigenvalue weighted by Crippen LogP contribution is 2.26. The minimum absolute atomic E-state index is 0.166. The second-order valence-electron chi connectivity index (χ2n) is 8.10. The number of ether oxygens (including phenoxy) is 1. The molecule has 0 atom stereocenters. The molecule has 0 aliphatic carbocycles. The molecule has 0 fully saturated rings. The van der Waals surface area contributed by atoms with Crippen molar-refractivity contribution in [1.82, 2.24) is 24.4 Å². The highest BCUT2D eigenvalue weighted by Gasteiger charge is 2.14. The Morgan fingerprint density at radius 3 is 2.46 bits per heavy atom. The van der Waals surface area contributed by atoms with Crippen LogP contribution in [0.25, 0.3) is 28.0 Å². The van der Waals surface area contributed by atoms with E-state index in [1.54, 1.807) is 4.68 Å².